The van der Waals surface area contributed by atoms with Crippen molar-refractivity contribution < 1.29 is 19.5 Å². The van der Waals surface area contributed by atoms with Gasteiger partial charge in [0.1, 0.15) is 0 Å². The van der Waals surface area contributed by atoms with Crippen molar-refractivity contribution >= 4 is 0 Å². The van der Waals surface area contributed by atoms with Crippen LogP contribution in [0.15, 0.2) is 48.8 Å². The number of H-pyrrole nitrogens is 1. The number of hydrogen-bond acceptors (Lipinski definition) is 1. The largest absolute Gasteiger partial charge is 0.368 e. The summed E-state index contributed by atoms with van der Waals surface area (Å²) in [6.07, 6.45) is 13.2. The quantitative estimate of drug-likeness (QED) is 0.729. The first-order valence-corrected chi connectivity index (χ1v) is 4.74. The molecule has 0 bridgehead atoms. The minimum Gasteiger partial charge on any atom is -0.368 e. The second-order valence-electron chi connectivity index (χ2n) is 3.32. The van der Waals surface area contributed by atoms with E-state index in [9.17, 15) is 0 Å². The molecule has 0 radical (unpaired) electrons. The first-order valence-electron chi connectivity index (χ1n) is 4.74. The van der Waals surface area contributed by atoms with Crippen molar-refractivity contribution in [3.05, 3.63) is 48.8 Å². The van der Waals surface area contributed by atoms with Gasteiger partial charge >= 0.3 is 0 Å². The Morgan fingerprint density at radius 3 is 1.47 bits per heavy atom. The Hall–Kier alpha value is -0.657. The van der Waals surface area contributed by atoms with E-state index >= 15 is 0 Å². The number of rotatable bonds is 0. The maximum absolute atomic E-state index is 2.86. The van der Waals surface area contributed by atoms with Crippen LogP contribution in [0.5, 0.6) is 0 Å². The summed E-state index contributed by atoms with van der Waals surface area (Å²) in [5, 5.41) is 0. The fourth-order valence-corrected chi connectivity index (χ4v) is 0.671. The molecule has 1 aliphatic carbocycles. The Kier molecular flexibility index (Phi) is 14.9. The molecule has 0 atom stereocenters. The molecule has 0 unspecified atom stereocenters. The zero-order chi connectivity index (χ0) is 10.6. The van der Waals surface area contributed by atoms with Crippen LogP contribution in [0, 0.1) is 0 Å². The summed E-state index contributed by atoms with van der Waals surface area (Å²) in [6, 6.07) is 3.89. The van der Waals surface area contributed by atoms with Crippen LogP contribution in [-0.4, -0.2) is 31.0 Å². The molecule has 1 aromatic heterocycles. The maximum atomic E-state index is 2.86. The fourth-order valence-electron chi connectivity index (χ4n) is 0.671. The van der Waals surface area contributed by atoms with Crippen LogP contribution in [0.2, 0.25) is 0 Å². The van der Waals surface area contributed by atoms with Gasteiger partial charge in [0.15, 0.2) is 0 Å². The molecule has 15 heavy (non-hydrogen) atoms. The van der Waals surface area contributed by atoms with Gasteiger partial charge in [0.25, 0.3) is 0 Å². The number of nitrogens with one attached hydrogen (secondary N) is 1. The van der Waals surface area contributed by atoms with Crippen molar-refractivity contribution in [2.75, 3.05) is 21.1 Å². The summed E-state index contributed by atoms with van der Waals surface area (Å²) in [6.45, 7) is 0. The predicted molar refractivity (Wildman–Crippen MR) is 63.3 cm³/mol. The van der Waals surface area contributed by atoms with Gasteiger partial charge in [0, 0.05) is 31.9 Å². The number of aromatic nitrogens is 1. The summed E-state index contributed by atoms with van der Waals surface area (Å²) in [7, 11) is 6.00. The number of aromatic amines is 1. The minimum atomic E-state index is 0. The van der Waals surface area contributed by atoms with Crippen molar-refractivity contribution in [2.24, 2.45) is 0 Å². The van der Waals surface area contributed by atoms with E-state index in [0.29, 0.717) is 0 Å². The number of nitrogens with zero attached hydrogens (tertiary/aromatic N) is 1. The third kappa shape index (κ3) is 19.7. The summed E-state index contributed by atoms with van der Waals surface area (Å²) in [5.41, 5.74) is 0. The van der Waals surface area contributed by atoms with Crippen molar-refractivity contribution in [3.63, 3.8) is 0 Å². The average Bonchev–Trinajstić information content (AvgIpc) is 2.83. The van der Waals surface area contributed by atoms with Crippen molar-refractivity contribution in [1.82, 2.24) is 9.88 Å². The van der Waals surface area contributed by atoms with Crippen LogP contribution >= 0.6 is 0 Å². The van der Waals surface area contributed by atoms with Gasteiger partial charge in [-0.15, -0.1) is 0 Å². The Labute approximate surface area is 106 Å². The third-order valence-electron chi connectivity index (χ3n) is 1.15. The van der Waals surface area contributed by atoms with E-state index in [2.05, 4.69) is 29.3 Å². The Balaban J connectivity index is 0. The summed E-state index contributed by atoms with van der Waals surface area (Å²) >= 11 is 0. The zero-order valence-corrected chi connectivity index (χ0v) is 11.4. The van der Waals surface area contributed by atoms with Gasteiger partial charge in [-0.05, 0) is 39.7 Å². The maximum Gasteiger partial charge on any atom is 0.000496 e. The molecule has 86 valence electrons. The molecule has 0 saturated heterocycles. The van der Waals surface area contributed by atoms with E-state index in [0.717, 1.165) is 6.42 Å². The van der Waals surface area contributed by atoms with Gasteiger partial charge < -0.3 is 9.88 Å². The van der Waals surface area contributed by atoms with Gasteiger partial charge in [0.2, 0.25) is 0 Å². The second kappa shape index (κ2) is 13.3. The van der Waals surface area contributed by atoms with Crippen LogP contribution in [-0.2, 0) is 19.5 Å². The fraction of sp³-hybridized carbons (Fsp3) is 0.333. The van der Waals surface area contributed by atoms with Gasteiger partial charge in [-0.25, -0.2) is 0 Å². The molecule has 0 spiro atoms. The smallest absolute Gasteiger partial charge is 0.000496 e. The SMILES string of the molecule is C1=CCC=C1.CN(C)C.[Ru].c1cc[nH]c1. The zero-order valence-electron chi connectivity index (χ0n) is 9.63. The van der Waals surface area contributed by atoms with Crippen LogP contribution in [0.25, 0.3) is 0 Å². The van der Waals surface area contributed by atoms with Crippen molar-refractivity contribution in [2.45, 2.75) is 6.42 Å². The number of hydrogen-bond donors (Lipinski definition) is 1. The van der Waals surface area contributed by atoms with E-state index in [1.165, 1.54) is 0 Å². The summed E-state index contributed by atoms with van der Waals surface area (Å²) in [5.74, 6) is 0. The summed E-state index contributed by atoms with van der Waals surface area (Å²) < 4.78 is 0. The molecule has 0 aliphatic heterocycles. The van der Waals surface area contributed by atoms with Gasteiger partial charge in [-0.2, -0.15) is 0 Å². The first kappa shape index (κ1) is 16.8. The summed E-state index contributed by atoms with van der Waals surface area (Å²) in [4.78, 5) is 4.86. The standard InChI is InChI=1S/C5H6.C4H5N.C3H9N.Ru/c2*1-2-4-5-3-1;1-4(2)3;/h1-4H,5H2;1-5H;1-3H3;. The molecule has 0 saturated carbocycles. The minimum absolute atomic E-state index is 0. The van der Waals surface area contributed by atoms with Crippen LogP contribution in [0.4, 0.5) is 0 Å². The topological polar surface area (TPSA) is 19.0 Å². The molecule has 0 amide bonds. The molecular weight excluding hydrogens is 273 g/mol. The van der Waals surface area contributed by atoms with E-state index < -0.39 is 0 Å². The van der Waals surface area contributed by atoms with Gasteiger partial charge in [0.05, 0.1) is 0 Å². The molecule has 3 heteroatoms. The predicted octanol–water partition coefficient (Wildman–Crippen LogP) is 2.69. The van der Waals surface area contributed by atoms with Crippen LogP contribution < -0.4 is 0 Å². The van der Waals surface area contributed by atoms with E-state index in [1.807, 2.05) is 50.6 Å². The molecule has 0 aromatic carbocycles. The molecular formula is C12H20N2Ru. The first-order chi connectivity index (χ1) is 6.73. The molecule has 1 aromatic rings. The normalized spacial score (nSPS) is 10.9. The van der Waals surface area contributed by atoms with E-state index in [4.69, 9.17) is 0 Å². The van der Waals surface area contributed by atoms with E-state index in [-0.39, 0.29) is 19.5 Å². The average molecular weight is 293 g/mol. The molecule has 0 fully saturated rings. The van der Waals surface area contributed by atoms with Crippen molar-refractivity contribution in [3.8, 4) is 0 Å². The Morgan fingerprint density at radius 1 is 0.933 bits per heavy atom. The Bertz CT molecular complexity index is 208. The molecule has 2 rings (SSSR count). The molecule has 1 aliphatic rings. The second-order valence-corrected chi connectivity index (χ2v) is 3.32. The van der Waals surface area contributed by atoms with Gasteiger partial charge in [-0.3, -0.25) is 0 Å². The van der Waals surface area contributed by atoms with Crippen LogP contribution in [0.3, 0.4) is 0 Å². The van der Waals surface area contributed by atoms with Gasteiger partial charge in [-0.1, -0.05) is 24.3 Å². The number of allylic oxidation sites excluding steroid dienone is 4. The molecule has 2 nitrogen and oxygen atoms in total. The van der Waals surface area contributed by atoms with Crippen molar-refractivity contribution in [1.29, 1.82) is 0 Å². The Morgan fingerprint density at radius 2 is 1.33 bits per heavy atom. The molecule has 1 N–H and O–H groups in total. The third-order valence-corrected chi connectivity index (χ3v) is 1.15. The van der Waals surface area contributed by atoms with Crippen LogP contribution in [0.1, 0.15) is 6.42 Å². The monoisotopic (exact) mass is 294 g/mol. The van der Waals surface area contributed by atoms with E-state index in [1.54, 1.807) is 0 Å². The molecule has 1 heterocycles.